The second-order valence-electron chi connectivity index (χ2n) is 9.12. The average Bonchev–Trinajstić information content (AvgIpc) is 3.25. The first kappa shape index (κ1) is 20.7. The number of nitrogens with zero attached hydrogens (tertiary/aromatic N) is 5. The van der Waals surface area contributed by atoms with Crippen molar-refractivity contribution in [1.82, 2.24) is 19.4 Å². The van der Waals surface area contributed by atoms with Crippen LogP contribution in [0.25, 0.3) is 16.7 Å². The Morgan fingerprint density at radius 3 is 2.56 bits per heavy atom. The summed E-state index contributed by atoms with van der Waals surface area (Å²) in [5.74, 6) is 1.62. The van der Waals surface area contributed by atoms with Crippen LogP contribution in [0.15, 0.2) is 73.2 Å². The number of fused-ring (bicyclic) bond motifs is 1. The second-order valence-corrected chi connectivity index (χ2v) is 9.12. The molecule has 5 nitrogen and oxygen atoms in total. The first-order valence-electron chi connectivity index (χ1n) is 11.5. The predicted octanol–water partition coefficient (Wildman–Crippen LogP) is 5.08. The van der Waals surface area contributed by atoms with Crippen molar-refractivity contribution in [3.05, 3.63) is 84.3 Å². The molecule has 1 fully saturated rings. The number of likely N-dealkylation sites (N-methyl/N-ethyl adjacent to an activating group) is 1. The van der Waals surface area contributed by atoms with Crippen LogP contribution in [0.4, 0.5) is 5.82 Å². The number of aromatic nitrogens is 3. The maximum absolute atomic E-state index is 4.73. The number of rotatable bonds is 5. The summed E-state index contributed by atoms with van der Waals surface area (Å²) in [6, 6.07) is 21.9. The minimum Gasteiger partial charge on any atom is -0.354 e. The van der Waals surface area contributed by atoms with E-state index in [1.807, 2.05) is 0 Å². The molecule has 1 aliphatic rings. The van der Waals surface area contributed by atoms with Crippen LogP contribution in [0.2, 0.25) is 0 Å². The number of anilines is 1. The van der Waals surface area contributed by atoms with Gasteiger partial charge < -0.3 is 9.47 Å². The maximum atomic E-state index is 4.73. The molecule has 0 bridgehead atoms. The first-order chi connectivity index (χ1) is 15.6. The molecular weight excluding hydrogens is 394 g/mol. The van der Waals surface area contributed by atoms with E-state index in [1.54, 1.807) is 6.33 Å². The second kappa shape index (κ2) is 8.75. The third kappa shape index (κ3) is 4.00. The van der Waals surface area contributed by atoms with Crippen LogP contribution in [-0.4, -0.2) is 45.6 Å². The van der Waals surface area contributed by atoms with Gasteiger partial charge >= 0.3 is 0 Å². The summed E-state index contributed by atoms with van der Waals surface area (Å²) in [4.78, 5) is 14.3. The lowest BCUT2D eigenvalue weighted by molar-refractivity contribution is 0.159. The van der Waals surface area contributed by atoms with Crippen molar-refractivity contribution >= 4 is 16.9 Å². The molecule has 0 radical (unpaired) electrons. The van der Waals surface area contributed by atoms with E-state index in [-0.39, 0.29) is 0 Å². The van der Waals surface area contributed by atoms with E-state index >= 15 is 0 Å². The fraction of sp³-hybridized carbons (Fsp3) is 0.333. The number of hydrogen-bond acceptors (Lipinski definition) is 4. The molecule has 2 aromatic carbocycles. The van der Waals surface area contributed by atoms with Crippen LogP contribution in [0, 0.1) is 12.8 Å². The molecule has 3 heterocycles. The summed E-state index contributed by atoms with van der Waals surface area (Å²) in [6.45, 7) is 7.66. The third-order valence-corrected chi connectivity index (χ3v) is 6.86. The summed E-state index contributed by atoms with van der Waals surface area (Å²) >= 11 is 0. The lowest BCUT2D eigenvalue weighted by atomic mass is 9.92. The van der Waals surface area contributed by atoms with Crippen LogP contribution >= 0.6 is 0 Å². The molecule has 0 unspecified atom stereocenters. The number of likely N-dealkylation sites (tertiary alicyclic amines) is 1. The highest BCUT2D eigenvalue weighted by Gasteiger charge is 2.31. The van der Waals surface area contributed by atoms with E-state index in [9.17, 15) is 0 Å². The molecule has 0 spiro atoms. The standard InChI is InChI=1S/C27H31N5/c1-20-9-11-23(12-10-20)32-16-14-24-26(28-19-29-27(24)32)30(3)25-18-31(15-13-21(25)2)17-22-7-5-4-6-8-22/h4-12,14,16,19,21,25H,13,15,17-18H2,1-3H3/t21-,25+/m1/s1. The van der Waals surface area contributed by atoms with Crippen molar-refractivity contribution < 1.29 is 0 Å². The molecule has 0 N–H and O–H groups in total. The fourth-order valence-corrected chi connectivity index (χ4v) is 4.89. The predicted molar refractivity (Wildman–Crippen MR) is 131 cm³/mol. The van der Waals surface area contributed by atoms with E-state index in [4.69, 9.17) is 4.98 Å². The van der Waals surface area contributed by atoms with E-state index in [2.05, 4.69) is 107 Å². The van der Waals surface area contributed by atoms with Crippen molar-refractivity contribution in [1.29, 1.82) is 0 Å². The summed E-state index contributed by atoms with van der Waals surface area (Å²) in [6.07, 6.45) is 5.00. The molecule has 32 heavy (non-hydrogen) atoms. The lowest BCUT2D eigenvalue weighted by Gasteiger charge is -2.42. The van der Waals surface area contributed by atoms with Crippen LogP contribution in [0.1, 0.15) is 24.5 Å². The fourth-order valence-electron chi connectivity index (χ4n) is 4.89. The van der Waals surface area contributed by atoms with Crippen molar-refractivity contribution in [2.75, 3.05) is 25.0 Å². The Bertz CT molecular complexity index is 1180. The molecular formula is C27H31N5. The minimum absolute atomic E-state index is 0.410. The number of aryl methyl sites for hydroxylation is 1. The number of piperidine rings is 1. The molecule has 1 saturated heterocycles. The Morgan fingerprint density at radius 1 is 1.00 bits per heavy atom. The van der Waals surface area contributed by atoms with Gasteiger partial charge in [0.1, 0.15) is 17.8 Å². The maximum Gasteiger partial charge on any atom is 0.150 e. The molecule has 0 aliphatic carbocycles. The molecule has 5 rings (SSSR count). The summed E-state index contributed by atoms with van der Waals surface area (Å²) in [5, 5.41) is 1.10. The zero-order valence-electron chi connectivity index (χ0n) is 19.1. The van der Waals surface area contributed by atoms with Gasteiger partial charge in [0.05, 0.1) is 5.39 Å². The van der Waals surface area contributed by atoms with Gasteiger partial charge in [0.15, 0.2) is 0 Å². The average molecular weight is 426 g/mol. The topological polar surface area (TPSA) is 37.2 Å². The van der Waals surface area contributed by atoms with Crippen molar-refractivity contribution in [2.45, 2.75) is 32.9 Å². The van der Waals surface area contributed by atoms with Gasteiger partial charge in [0.25, 0.3) is 0 Å². The monoisotopic (exact) mass is 425 g/mol. The van der Waals surface area contributed by atoms with E-state index < -0.39 is 0 Å². The van der Waals surface area contributed by atoms with Gasteiger partial charge in [-0.05, 0) is 49.6 Å². The van der Waals surface area contributed by atoms with Crippen molar-refractivity contribution in [2.24, 2.45) is 5.92 Å². The number of hydrogen-bond donors (Lipinski definition) is 0. The highest BCUT2D eigenvalue weighted by atomic mass is 15.3. The smallest absolute Gasteiger partial charge is 0.150 e. The molecule has 2 atom stereocenters. The van der Waals surface area contributed by atoms with Crippen LogP contribution in [-0.2, 0) is 6.54 Å². The number of benzene rings is 2. The van der Waals surface area contributed by atoms with E-state index in [1.165, 1.54) is 17.5 Å². The van der Waals surface area contributed by atoms with Crippen molar-refractivity contribution in [3.63, 3.8) is 0 Å². The van der Waals surface area contributed by atoms with Gasteiger partial charge in [-0.3, -0.25) is 4.90 Å². The lowest BCUT2D eigenvalue weighted by Crippen LogP contribution is -2.50. The van der Waals surface area contributed by atoms with Gasteiger partial charge in [-0.1, -0.05) is 55.0 Å². The first-order valence-corrected chi connectivity index (χ1v) is 11.5. The van der Waals surface area contributed by atoms with Gasteiger partial charge in [0, 0.05) is 38.1 Å². The molecule has 0 amide bonds. The Kier molecular flexibility index (Phi) is 5.66. The Labute approximate surface area is 190 Å². The molecule has 4 aromatic rings. The highest BCUT2D eigenvalue weighted by molar-refractivity contribution is 5.89. The Hall–Kier alpha value is -3.18. The molecule has 2 aromatic heterocycles. The summed E-state index contributed by atoms with van der Waals surface area (Å²) in [5.41, 5.74) is 4.71. The minimum atomic E-state index is 0.410. The molecule has 164 valence electrons. The summed E-state index contributed by atoms with van der Waals surface area (Å²) < 4.78 is 2.15. The SMILES string of the molecule is Cc1ccc(-n2ccc3c(N(C)[C@H]4CN(Cc5ccccc5)CC[C@H]4C)ncnc32)cc1. The van der Waals surface area contributed by atoms with Gasteiger partial charge in [-0.2, -0.15) is 0 Å². The zero-order valence-corrected chi connectivity index (χ0v) is 19.1. The third-order valence-electron chi connectivity index (χ3n) is 6.86. The normalized spacial score (nSPS) is 19.3. The van der Waals surface area contributed by atoms with Crippen LogP contribution in [0.5, 0.6) is 0 Å². The quantitative estimate of drug-likeness (QED) is 0.447. The van der Waals surface area contributed by atoms with E-state index in [0.29, 0.717) is 12.0 Å². The van der Waals surface area contributed by atoms with Crippen LogP contribution in [0.3, 0.4) is 0 Å². The van der Waals surface area contributed by atoms with Gasteiger partial charge in [0.2, 0.25) is 0 Å². The molecule has 5 heteroatoms. The zero-order chi connectivity index (χ0) is 22.1. The largest absolute Gasteiger partial charge is 0.354 e. The Balaban J connectivity index is 1.42. The summed E-state index contributed by atoms with van der Waals surface area (Å²) in [7, 11) is 2.19. The Morgan fingerprint density at radius 2 is 1.78 bits per heavy atom. The highest BCUT2D eigenvalue weighted by Crippen LogP contribution is 2.31. The molecule has 1 aliphatic heterocycles. The van der Waals surface area contributed by atoms with Gasteiger partial charge in [-0.25, -0.2) is 9.97 Å². The van der Waals surface area contributed by atoms with Crippen molar-refractivity contribution in [3.8, 4) is 5.69 Å². The molecule has 0 saturated carbocycles. The van der Waals surface area contributed by atoms with E-state index in [0.717, 1.165) is 42.2 Å². The van der Waals surface area contributed by atoms with Crippen LogP contribution < -0.4 is 4.90 Å². The van der Waals surface area contributed by atoms with Gasteiger partial charge in [-0.15, -0.1) is 0 Å².